The van der Waals surface area contributed by atoms with Crippen molar-refractivity contribution in [2.75, 3.05) is 13.7 Å². The van der Waals surface area contributed by atoms with Crippen molar-refractivity contribution in [2.45, 2.75) is 45.7 Å². The number of nitrogens with zero attached hydrogens (tertiary/aromatic N) is 2. The van der Waals surface area contributed by atoms with Gasteiger partial charge in [-0.2, -0.15) is 0 Å². The third-order valence-electron chi connectivity index (χ3n) is 5.01. The highest BCUT2D eigenvalue weighted by molar-refractivity contribution is 5.88. The Bertz CT molecular complexity index is 916. The molecule has 2 amide bonds. The van der Waals surface area contributed by atoms with Crippen LogP contribution in [0.25, 0.3) is 0 Å². The van der Waals surface area contributed by atoms with Crippen LogP contribution in [0.15, 0.2) is 48.5 Å². The molecule has 2 aromatic carbocycles. The van der Waals surface area contributed by atoms with E-state index in [1.165, 1.54) is 11.0 Å². The lowest BCUT2D eigenvalue weighted by Crippen LogP contribution is -2.48. The molecule has 0 aliphatic rings. The van der Waals surface area contributed by atoms with Crippen molar-refractivity contribution in [3.63, 3.8) is 0 Å². The van der Waals surface area contributed by atoms with Crippen LogP contribution in [-0.2, 0) is 22.6 Å². The summed E-state index contributed by atoms with van der Waals surface area (Å²) in [7, 11) is 1.56. The number of unbranched alkanes of at least 4 members (excludes halogenated alkanes) is 1. The molecular formula is C23H29N3O5. The predicted molar refractivity (Wildman–Crippen MR) is 118 cm³/mol. The molecule has 2 aromatic rings. The van der Waals surface area contributed by atoms with Gasteiger partial charge in [0.05, 0.1) is 18.5 Å². The number of carbonyl (C=O) groups is 2. The summed E-state index contributed by atoms with van der Waals surface area (Å²) in [6.07, 6.45) is 1.62. The van der Waals surface area contributed by atoms with Crippen LogP contribution in [0.5, 0.6) is 5.75 Å². The van der Waals surface area contributed by atoms with Gasteiger partial charge in [0.15, 0.2) is 0 Å². The van der Waals surface area contributed by atoms with Crippen LogP contribution >= 0.6 is 0 Å². The number of amides is 2. The molecule has 31 heavy (non-hydrogen) atoms. The summed E-state index contributed by atoms with van der Waals surface area (Å²) in [5, 5.41) is 14.2. The monoisotopic (exact) mass is 427 g/mol. The molecule has 8 heteroatoms. The fourth-order valence-electron chi connectivity index (χ4n) is 3.19. The highest BCUT2D eigenvalue weighted by Gasteiger charge is 2.27. The van der Waals surface area contributed by atoms with Gasteiger partial charge >= 0.3 is 0 Å². The van der Waals surface area contributed by atoms with Crippen molar-refractivity contribution < 1.29 is 19.2 Å². The van der Waals surface area contributed by atoms with Gasteiger partial charge in [-0.25, -0.2) is 0 Å². The van der Waals surface area contributed by atoms with E-state index in [-0.39, 0.29) is 30.5 Å². The highest BCUT2D eigenvalue weighted by atomic mass is 16.6. The summed E-state index contributed by atoms with van der Waals surface area (Å²) < 4.78 is 5.25. The van der Waals surface area contributed by atoms with Crippen LogP contribution in [0.1, 0.15) is 37.8 Å². The van der Waals surface area contributed by atoms with E-state index in [1.54, 1.807) is 44.4 Å². The van der Waals surface area contributed by atoms with E-state index in [1.807, 2.05) is 19.1 Å². The number of para-hydroxylation sites is 1. The van der Waals surface area contributed by atoms with E-state index in [9.17, 15) is 19.7 Å². The smallest absolute Gasteiger partial charge is 0.273 e. The standard InChI is InChI=1S/C23H29N3O5/c1-4-5-13-24-23(28)17(2)25(16-18-9-8-11-20(14-18)31-3)22(27)15-19-10-6-7-12-21(19)26(29)30/h6-12,14,17H,4-5,13,15-16H2,1-3H3,(H,24,28)/t17-/m0/s1. The summed E-state index contributed by atoms with van der Waals surface area (Å²) in [5.41, 5.74) is 0.993. The minimum Gasteiger partial charge on any atom is -0.497 e. The van der Waals surface area contributed by atoms with E-state index in [0.29, 0.717) is 17.9 Å². The average Bonchev–Trinajstić information content (AvgIpc) is 2.77. The molecule has 0 spiro atoms. The Balaban J connectivity index is 2.28. The molecule has 1 N–H and O–H groups in total. The number of methoxy groups -OCH3 is 1. The Labute approximate surface area is 182 Å². The first-order chi connectivity index (χ1) is 14.9. The molecular weight excluding hydrogens is 398 g/mol. The Hall–Kier alpha value is -3.42. The van der Waals surface area contributed by atoms with Crippen molar-refractivity contribution in [2.24, 2.45) is 0 Å². The fourth-order valence-corrected chi connectivity index (χ4v) is 3.19. The zero-order valence-electron chi connectivity index (χ0n) is 18.2. The second kappa shape index (κ2) is 11.7. The van der Waals surface area contributed by atoms with Crippen LogP contribution in [0.2, 0.25) is 0 Å². The van der Waals surface area contributed by atoms with Crippen LogP contribution in [0, 0.1) is 10.1 Å². The van der Waals surface area contributed by atoms with Gasteiger partial charge in [-0.05, 0) is 31.0 Å². The SMILES string of the molecule is CCCCNC(=O)[C@H](C)N(Cc1cccc(OC)c1)C(=O)Cc1ccccc1[N+](=O)[O-]. The number of hydrogen-bond donors (Lipinski definition) is 1. The number of ether oxygens (including phenoxy) is 1. The number of nitro benzene ring substituents is 1. The van der Waals surface area contributed by atoms with Gasteiger partial charge in [-0.3, -0.25) is 19.7 Å². The van der Waals surface area contributed by atoms with Crippen LogP contribution < -0.4 is 10.1 Å². The maximum Gasteiger partial charge on any atom is 0.273 e. The van der Waals surface area contributed by atoms with Gasteiger partial charge in [0.2, 0.25) is 11.8 Å². The normalized spacial score (nSPS) is 11.5. The number of benzene rings is 2. The second-order valence-electron chi connectivity index (χ2n) is 7.26. The second-order valence-corrected chi connectivity index (χ2v) is 7.26. The molecule has 2 rings (SSSR count). The number of hydrogen-bond acceptors (Lipinski definition) is 5. The topological polar surface area (TPSA) is 102 Å². The van der Waals surface area contributed by atoms with E-state index < -0.39 is 11.0 Å². The maximum absolute atomic E-state index is 13.2. The zero-order chi connectivity index (χ0) is 22.8. The van der Waals surface area contributed by atoms with Crippen molar-refractivity contribution in [3.8, 4) is 5.75 Å². The van der Waals surface area contributed by atoms with Gasteiger partial charge in [0.1, 0.15) is 11.8 Å². The van der Waals surface area contributed by atoms with Gasteiger partial charge in [0, 0.05) is 24.7 Å². The molecule has 0 aromatic heterocycles. The Morgan fingerprint density at radius 1 is 1.19 bits per heavy atom. The van der Waals surface area contributed by atoms with Crippen LogP contribution in [-0.4, -0.2) is 41.3 Å². The molecule has 0 aliphatic heterocycles. The predicted octanol–water partition coefficient (Wildman–Crippen LogP) is 3.48. The molecule has 0 radical (unpaired) electrons. The van der Waals surface area contributed by atoms with Crippen molar-refractivity contribution in [1.82, 2.24) is 10.2 Å². The van der Waals surface area contributed by atoms with Crippen molar-refractivity contribution in [1.29, 1.82) is 0 Å². The van der Waals surface area contributed by atoms with Gasteiger partial charge in [-0.15, -0.1) is 0 Å². The largest absolute Gasteiger partial charge is 0.497 e. The molecule has 0 unspecified atom stereocenters. The third-order valence-corrected chi connectivity index (χ3v) is 5.01. The first-order valence-electron chi connectivity index (χ1n) is 10.3. The number of nitrogens with one attached hydrogen (secondary N) is 1. The zero-order valence-corrected chi connectivity index (χ0v) is 18.2. The summed E-state index contributed by atoms with van der Waals surface area (Å²) in [4.78, 5) is 38.2. The third kappa shape index (κ3) is 6.80. The van der Waals surface area contributed by atoms with Gasteiger partial charge in [0.25, 0.3) is 5.69 Å². The van der Waals surface area contributed by atoms with E-state index in [0.717, 1.165) is 18.4 Å². The van der Waals surface area contributed by atoms with E-state index in [4.69, 9.17) is 4.74 Å². The maximum atomic E-state index is 13.2. The Kier molecular flexibility index (Phi) is 8.99. The summed E-state index contributed by atoms with van der Waals surface area (Å²) in [5.74, 6) is 0.0196. The van der Waals surface area contributed by atoms with Gasteiger partial charge < -0.3 is 15.0 Å². The molecule has 0 bridgehead atoms. The lowest BCUT2D eigenvalue weighted by Gasteiger charge is -2.29. The quantitative estimate of drug-likeness (QED) is 0.336. The molecule has 0 saturated heterocycles. The molecule has 8 nitrogen and oxygen atoms in total. The molecule has 0 saturated carbocycles. The lowest BCUT2D eigenvalue weighted by molar-refractivity contribution is -0.385. The minimum absolute atomic E-state index is 0.114. The average molecular weight is 428 g/mol. The lowest BCUT2D eigenvalue weighted by atomic mass is 10.1. The summed E-state index contributed by atoms with van der Waals surface area (Å²) in [6.45, 7) is 4.41. The van der Waals surface area contributed by atoms with E-state index >= 15 is 0 Å². The molecule has 1 atom stereocenters. The molecule has 0 aliphatic carbocycles. The van der Waals surface area contributed by atoms with Crippen LogP contribution in [0.3, 0.4) is 0 Å². The first kappa shape index (κ1) is 23.9. The summed E-state index contributed by atoms with van der Waals surface area (Å²) >= 11 is 0. The number of rotatable bonds is 11. The first-order valence-corrected chi connectivity index (χ1v) is 10.3. The van der Waals surface area contributed by atoms with Crippen LogP contribution in [0.4, 0.5) is 5.69 Å². The number of nitro groups is 1. The summed E-state index contributed by atoms with van der Waals surface area (Å²) in [6, 6.07) is 12.7. The highest BCUT2D eigenvalue weighted by Crippen LogP contribution is 2.21. The Morgan fingerprint density at radius 3 is 2.61 bits per heavy atom. The van der Waals surface area contributed by atoms with Crippen molar-refractivity contribution in [3.05, 3.63) is 69.8 Å². The number of carbonyl (C=O) groups excluding carboxylic acids is 2. The Morgan fingerprint density at radius 2 is 1.94 bits per heavy atom. The molecule has 166 valence electrons. The minimum atomic E-state index is -0.738. The van der Waals surface area contributed by atoms with Crippen molar-refractivity contribution >= 4 is 17.5 Å². The van der Waals surface area contributed by atoms with E-state index in [2.05, 4.69) is 5.32 Å². The van der Waals surface area contributed by atoms with Gasteiger partial charge in [-0.1, -0.05) is 43.7 Å². The fraction of sp³-hybridized carbons (Fsp3) is 0.391. The molecule has 0 fully saturated rings. The molecule has 0 heterocycles.